The van der Waals surface area contributed by atoms with Crippen LogP contribution in [0.25, 0.3) is 0 Å². The maximum absolute atomic E-state index is 12.1. The van der Waals surface area contributed by atoms with E-state index in [9.17, 15) is 9.90 Å². The van der Waals surface area contributed by atoms with E-state index < -0.39 is 0 Å². The van der Waals surface area contributed by atoms with Gasteiger partial charge in [0.15, 0.2) is 0 Å². The van der Waals surface area contributed by atoms with Crippen LogP contribution in [0.5, 0.6) is 5.75 Å². The van der Waals surface area contributed by atoms with Gasteiger partial charge in [0.1, 0.15) is 5.75 Å². The van der Waals surface area contributed by atoms with Gasteiger partial charge in [0.2, 0.25) is 5.91 Å². The van der Waals surface area contributed by atoms with E-state index in [0.717, 1.165) is 21.7 Å². The van der Waals surface area contributed by atoms with Crippen molar-refractivity contribution < 1.29 is 9.90 Å². The number of rotatable bonds is 4. The van der Waals surface area contributed by atoms with E-state index in [4.69, 9.17) is 0 Å². The monoisotopic (exact) mass is 301 g/mol. The van der Waals surface area contributed by atoms with Gasteiger partial charge in [-0.15, -0.1) is 11.8 Å². The third-order valence-corrected chi connectivity index (χ3v) is 4.12. The minimum absolute atomic E-state index is 0.0432. The molecule has 3 nitrogen and oxygen atoms in total. The van der Waals surface area contributed by atoms with Gasteiger partial charge in [0.25, 0.3) is 0 Å². The van der Waals surface area contributed by atoms with Crippen molar-refractivity contribution in [2.75, 3.05) is 11.1 Å². The lowest BCUT2D eigenvalue weighted by atomic mass is 10.1. The number of aryl methyl sites for hydroxylation is 3. The number of aromatic hydroxyl groups is 1. The highest BCUT2D eigenvalue weighted by atomic mass is 32.2. The number of hydrogen-bond donors (Lipinski definition) is 2. The highest BCUT2D eigenvalue weighted by Crippen LogP contribution is 2.24. The fourth-order valence-electron chi connectivity index (χ4n) is 2.27. The molecule has 2 rings (SSSR count). The predicted octanol–water partition coefficient (Wildman–Crippen LogP) is 4.05. The molecular weight excluding hydrogens is 282 g/mol. The molecule has 0 fully saturated rings. The molecule has 4 heteroatoms. The van der Waals surface area contributed by atoms with Crippen molar-refractivity contribution in [2.24, 2.45) is 0 Å². The van der Waals surface area contributed by atoms with Gasteiger partial charge in [-0.2, -0.15) is 0 Å². The van der Waals surface area contributed by atoms with Crippen LogP contribution in [0.4, 0.5) is 5.69 Å². The lowest BCUT2D eigenvalue weighted by molar-refractivity contribution is -0.113. The Balaban J connectivity index is 1.99. The van der Waals surface area contributed by atoms with E-state index in [0.29, 0.717) is 5.75 Å². The fraction of sp³-hybridized carbons (Fsp3) is 0.235. The van der Waals surface area contributed by atoms with Gasteiger partial charge in [-0.1, -0.05) is 23.8 Å². The second-order valence-corrected chi connectivity index (χ2v) is 6.16. The topological polar surface area (TPSA) is 49.3 Å². The zero-order valence-electron chi connectivity index (χ0n) is 12.4. The molecule has 0 radical (unpaired) electrons. The summed E-state index contributed by atoms with van der Waals surface area (Å²) in [5.74, 6) is 0.486. The maximum atomic E-state index is 12.1. The van der Waals surface area contributed by atoms with Crippen LogP contribution < -0.4 is 5.32 Å². The van der Waals surface area contributed by atoms with Crippen molar-refractivity contribution in [2.45, 2.75) is 25.7 Å². The molecule has 2 aromatic rings. The Hall–Kier alpha value is -1.94. The van der Waals surface area contributed by atoms with Crippen molar-refractivity contribution in [3.05, 3.63) is 53.1 Å². The molecule has 0 aliphatic carbocycles. The Labute approximate surface area is 129 Å². The highest BCUT2D eigenvalue weighted by Gasteiger charge is 2.09. The van der Waals surface area contributed by atoms with Crippen LogP contribution in [-0.4, -0.2) is 16.8 Å². The number of thioether (sulfide) groups is 1. The molecule has 2 aromatic carbocycles. The largest absolute Gasteiger partial charge is 0.508 e. The van der Waals surface area contributed by atoms with Gasteiger partial charge in [-0.25, -0.2) is 0 Å². The first kappa shape index (κ1) is 15.4. The Kier molecular flexibility index (Phi) is 4.91. The van der Waals surface area contributed by atoms with Gasteiger partial charge in [0.05, 0.1) is 5.75 Å². The lowest BCUT2D eigenvalue weighted by Gasteiger charge is -2.12. The molecule has 0 atom stereocenters. The third-order valence-electron chi connectivity index (χ3n) is 3.13. The van der Waals surface area contributed by atoms with Crippen molar-refractivity contribution in [1.29, 1.82) is 0 Å². The minimum Gasteiger partial charge on any atom is -0.508 e. The SMILES string of the molecule is Cc1cc(C)c(NC(=O)CSc2cccc(O)c2)c(C)c1. The maximum Gasteiger partial charge on any atom is 0.234 e. The second-order valence-electron chi connectivity index (χ2n) is 5.11. The molecule has 0 heterocycles. The highest BCUT2D eigenvalue weighted by molar-refractivity contribution is 8.00. The Morgan fingerprint density at radius 3 is 2.43 bits per heavy atom. The number of carbonyl (C=O) groups is 1. The molecule has 0 bridgehead atoms. The van der Waals surface area contributed by atoms with Crippen LogP contribution in [0.3, 0.4) is 0 Å². The number of phenols is 1. The first-order valence-corrected chi connectivity index (χ1v) is 7.74. The van der Waals surface area contributed by atoms with Gasteiger partial charge in [-0.3, -0.25) is 4.79 Å². The average Bonchev–Trinajstić information content (AvgIpc) is 2.40. The van der Waals surface area contributed by atoms with Crippen LogP contribution in [0, 0.1) is 20.8 Å². The van der Waals surface area contributed by atoms with E-state index in [1.807, 2.05) is 26.8 Å². The van der Waals surface area contributed by atoms with Crippen LogP contribution in [-0.2, 0) is 4.79 Å². The molecule has 0 unspecified atom stereocenters. The molecule has 0 saturated heterocycles. The fourth-order valence-corrected chi connectivity index (χ4v) is 3.02. The summed E-state index contributed by atoms with van der Waals surface area (Å²) in [5.41, 5.74) is 4.23. The molecular formula is C17H19NO2S. The zero-order valence-corrected chi connectivity index (χ0v) is 13.3. The Morgan fingerprint density at radius 2 is 1.81 bits per heavy atom. The number of hydrogen-bond acceptors (Lipinski definition) is 3. The predicted molar refractivity (Wildman–Crippen MR) is 88.1 cm³/mol. The first-order valence-electron chi connectivity index (χ1n) is 6.75. The van der Waals surface area contributed by atoms with Gasteiger partial charge >= 0.3 is 0 Å². The smallest absolute Gasteiger partial charge is 0.234 e. The first-order chi connectivity index (χ1) is 9.95. The number of amides is 1. The molecule has 110 valence electrons. The summed E-state index contributed by atoms with van der Waals surface area (Å²) < 4.78 is 0. The summed E-state index contributed by atoms with van der Waals surface area (Å²) in [5, 5.41) is 12.4. The number of benzene rings is 2. The third kappa shape index (κ3) is 4.26. The number of phenolic OH excluding ortho intramolecular Hbond substituents is 1. The van der Waals surface area contributed by atoms with Crippen molar-refractivity contribution >= 4 is 23.4 Å². The van der Waals surface area contributed by atoms with Crippen molar-refractivity contribution in [3.8, 4) is 5.75 Å². The van der Waals surface area contributed by atoms with E-state index in [-0.39, 0.29) is 11.7 Å². The quantitative estimate of drug-likeness (QED) is 0.838. The number of anilines is 1. The van der Waals surface area contributed by atoms with E-state index >= 15 is 0 Å². The summed E-state index contributed by atoms with van der Waals surface area (Å²) >= 11 is 1.40. The summed E-state index contributed by atoms with van der Waals surface area (Å²) in [6.45, 7) is 6.04. The van der Waals surface area contributed by atoms with Crippen LogP contribution in [0.1, 0.15) is 16.7 Å². The minimum atomic E-state index is -0.0432. The average molecular weight is 301 g/mol. The molecule has 0 aliphatic rings. The van der Waals surface area contributed by atoms with Crippen molar-refractivity contribution in [1.82, 2.24) is 0 Å². The van der Waals surface area contributed by atoms with Gasteiger partial charge in [-0.05, 0) is 50.1 Å². The molecule has 21 heavy (non-hydrogen) atoms. The molecule has 1 amide bonds. The summed E-state index contributed by atoms with van der Waals surface area (Å²) in [6, 6.07) is 11.0. The summed E-state index contributed by atoms with van der Waals surface area (Å²) in [7, 11) is 0. The van der Waals surface area contributed by atoms with E-state index in [1.54, 1.807) is 18.2 Å². The van der Waals surface area contributed by atoms with Gasteiger partial charge in [0, 0.05) is 10.6 Å². The molecule has 0 saturated carbocycles. The second kappa shape index (κ2) is 6.68. The van der Waals surface area contributed by atoms with Gasteiger partial charge < -0.3 is 10.4 Å². The lowest BCUT2D eigenvalue weighted by Crippen LogP contribution is -2.15. The van der Waals surface area contributed by atoms with Crippen LogP contribution in [0.2, 0.25) is 0 Å². The standard InChI is InChI=1S/C17H19NO2S/c1-11-7-12(2)17(13(3)8-11)18-16(20)10-21-15-6-4-5-14(19)9-15/h4-9,19H,10H2,1-3H3,(H,18,20). The Morgan fingerprint density at radius 1 is 1.14 bits per heavy atom. The molecule has 0 aliphatic heterocycles. The molecule has 2 N–H and O–H groups in total. The molecule has 0 spiro atoms. The zero-order chi connectivity index (χ0) is 15.4. The number of nitrogens with one attached hydrogen (secondary N) is 1. The van der Waals surface area contributed by atoms with Crippen molar-refractivity contribution in [3.63, 3.8) is 0 Å². The van der Waals surface area contributed by atoms with Crippen LogP contribution in [0.15, 0.2) is 41.3 Å². The number of carbonyl (C=O) groups excluding carboxylic acids is 1. The van der Waals surface area contributed by atoms with E-state index in [1.165, 1.54) is 17.3 Å². The van der Waals surface area contributed by atoms with E-state index in [2.05, 4.69) is 17.4 Å². The summed E-state index contributed by atoms with van der Waals surface area (Å²) in [4.78, 5) is 12.9. The normalized spacial score (nSPS) is 10.4. The summed E-state index contributed by atoms with van der Waals surface area (Å²) in [6.07, 6.45) is 0. The molecule has 0 aromatic heterocycles. The van der Waals surface area contributed by atoms with Crippen LogP contribution >= 0.6 is 11.8 Å². The Bertz CT molecular complexity index is 645.